The number of carbonyl (C=O) groups excluding carboxylic acids is 2. The van der Waals surface area contributed by atoms with E-state index in [9.17, 15) is 9.59 Å². The van der Waals surface area contributed by atoms with Crippen LogP contribution in [0.15, 0.2) is 53.1 Å². The van der Waals surface area contributed by atoms with Gasteiger partial charge in [-0.2, -0.15) is 0 Å². The van der Waals surface area contributed by atoms with Crippen molar-refractivity contribution in [2.75, 3.05) is 0 Å². The van der Waals surface area contributed by atoms with Crippen molar-refractivity contribution in [2.24, 2.45) is 5.92 Å². The van der Waals surface area contributed by atoms with E-state index >= 15 is 0 Å². The van der Waals surface area contributed by atoms with E-state index in [1.165, 1.54) is 0 Å². The monoisotopic (exact) mass is 328 g/mol. The van der Waals surface area contributed by atoms with Gasteiger partial charge in [-0.15, -0.1) is 0 Å². The summed E-state index contributed by atoms with van der Waals surface area (Å²) in [6.45, 7) is 4.14. The molecule has 1 aromatic carbocycles. The van der Waals surface area contributed by atoms with Crippen LogP contribution in [0, 0.1) is 5.92 Å². The molecule has 2 aromatic rings. The van der Waals surface area contributed by atoms with E-state index in [2.05, 4.69) is 10.6 Å². The molecule has 0 fully saturated rings. The van der Waals surface area contributed by atoms with Gasteiger partial charge in [0.1, 0.15) is 11.8 Å². The van der Waals surface area contributed by atoms with Gasteiger partial charge < -0.3 is 15.1 Å². The quantitative estimate of drug-likeness (QED) is 0.782. The van der Waals surface area contributed by atoms with Crippen LogP contribution in [0.1, 0.15) is 31.6 Å². The summed E-state index contributed by atoms with van der Waals surface area (Å²) in [7, 11) is 0. The van der Waals surface area contributed by atoms with Crippen molar-refractivity contribution in [2.45, 2.75) is 39.3 Å². The summed E-state index contributed by atoms with van der Waals surface area (Å²) in [5, 5.41) is 5.63. The fourth-order valence-corrected chi connectivity index (χ4v) is 2.38. The Morgan fingerprint density at radius 3 is 2.46 bits per heavy atom. The van der Waals surface area contributed by atoms with Crippen LogP contribution in [-0.2, 0) is 22.6 Å². The van der Waals surface area contributed by atoms with Gasteiger partial charge in [0.25, 0.3) is 0 Å². The minimum Gasteiger partial charge on any atom is -0.467 e. The number of hydrogen-bond donors (Lipinski definition) is 2. The van der Waals surface area contributed by atoms with Crippen LogP contribution in [0.3, 0.4) is 0 Å². The molecule has 0 spiro atoms. The lowest BCUT2D eigenvalue weighted by atomic mass is 10.0. The normalized spacial score (nSPS) is 12.0. The van der Waals surface area contributed by atoms with E-state index in [0.29, 0.717) is 25.1 Å². The fraction of sp³-hybridized carbons (Fsp3) is 0.368. The zero-order valence-electron chi connectivity index (χ0n) is 14.1. The molecule has 128 valence electrons. The largest absolute Gasteiger partial charge is 0.467 e. The van der Waals surface area contributed by atoms with E-state index in [0.717, 1.165) is 5.56 Å². The van der Waals surface area contributed by atoms with Crippen LogP contribution in [0.5, 0.6) is 0 Å². The van der Waals surface area contributed by atoms with Crippen LogP contribution in [0.2, 0.25) is 0 Å². The lowest BCUT2D eigenvalue weighted by molar-refractivity contribution is -0.130. The molecular weight excluding hydrogens is 304 g/mol. The third kappa shape index (κ3) is 5.57. The molecule has 0 aliphatic rings. The van der Waals surface area contributed by atoms with Gasteiger partial charge in [0.15, 0.2) is 0 Å². The Hall–Kier alpha value is -2.56. The maximum atomic E-state index is 12.3. The highest BCUT2D eigenvalue weighted by Gasteiger charge is 2.23. The predicted octanol–water partition coefficient (Wildman–Crippen LogP) is 2.67. The Bertz CT molecular complexity index is 636. The molecule has 5 heteroatoms. The van der Waals surface area contributed by atoms with Crippen molar-refractivity contribution in [3.63, 3.8) is 0 Å². The average molecular weight is 328 g/mol. The van der Waals surface area contributed by atoms with E-state index in [-0.39, 0.29) is 17.7 Å². The third-order valence-corrected chi connectivity index (χ3v) is 3.77. The number of amides is 2. The van der Waals surface area contributed by atoms with Gasteiger partial charge in [-0.3, -0.25) is 9.59 Å². The lowest BCUT2D eigenvalue weighted by Gasteiger charge is -2.21. The van der Waals surface area contributed by atoms with Crippen molar-refractivity contribution in [1.82, 2.24) is 10.6 Å². The van der Waals surface area contributed by atoms with Gasteiger partial charge in [-0.25, -0.2) is 0 Å². The molecule has 0 bridgehead atoms. The van der Waals surface area contributed by atoms with Crippen LogP contribution in [0.4, 0.5) is 0 Å². The summed E-state index contributed by atoms with van der Waals surface area (Å²) >= 11 is 0. The molecule has 0 aliphatic carbocycles. The second kappa shape index (κ2) is 8.91. The van der Waals surface area contributed by atoms with Crippen molar-refractivity contribution >= 4 is 11.8 Å². The highest BCUT2D eigenvalue weighted by molar-refractivity contribution is 5.87. The van der Waals surface area contributed by atoms with Gasteiger partial charge in [0.05, 0.1) is 12.8 Å². The Morgan fingerprint density at radius 2 is 1.83 bits per heavy atom. The molecule has 1 atom stereocenters. The number of hydrogen-bond acceptors (Lipinski definition) is 3. The third-order valence-electron chi connectivity index (χ3n) is 3.77. The number of rotatable bonds is 8. The number of nitrogens with one attached hydrogen (secondary N) is 2. The van der Waals surface area contributed by atoms with Crippen LogP contribution < -0.4 is 10.6 Å². The molecular formula is C19H24N2O3. The predicted molar refractivity (Wildman–Crippen MR) is 92.1 cm³/mol. The van der Waals surface area contributed by atoms with Gasteiger partial charge in [0, 0.05) is 6.42 Å². The van der Waals surface area contributed by atoms with Crippen molar-refractivity contribution in [3.8, 4) is 0 Å². The minimum absolute atomic E-state index is 0.00211. The molecule has 2 N–H and O–H groups in total. The Balaban J connectivity index is 1.83. The van der Waals surface area contributed by atoms with Crippen LogP contribution in [0.25, 0.3) is 0 Å². The first-order valence-corrected chi connectivity index (χ1v) is 8.19. The molecule has 2 amide bonds. The maximum Gasteiger partial charge on any atom is 0.243 e. The molecule has 1 heterocycles. The Morgan fingerprint density at radius 1 is 1.08 bits per heavy atom. The van der Waals surface area contributed by atoms with Crippen LogP contribution >= 0.6 is 0 Å². The Labute approximate surface area is 142 Å². The highest BCUT2D eigenvalue weighted by atomic mass is 16.3. The zero-order chi connectivity index (χ0) is 17.4. The number of carbonyl (C=O) groups is 2. The van der Waals surface area contributed by atoms with Gasteiger partial charge >= 0.3 is 0 Å². The first-order valence-electron chi connectivity index (χ1n) is 8.19. The standard InChI is InChI=1S/C19H24N2O3/c1-14(2)18(19(23)20-13-16-9-6-12-24-16)21-17(22)11-10-15-7-4-3-5-8-15/h3-9,12,14,18H,10-11,13H2,1-2H3,(H,20,23)(H,21,22)/t18-/m1/s1. The summed E-state index contributed by atoms with van der Waals surface area (Å²) in [6, 6.07) is 12.8. The first-order chi connectivity index (χ1) is 11.6. The van der Waals surface area contributed by atoms with Gasteiger partial charge in [-0.05, 0) is 30.0 Å². The van der Waals surface area contributed by atoms with E-state index in [1.807, 2.05) is 44.2 Å². The molecule has 0 saturated carbocycles. The zero-order valence-corrected chi connectivity index (χ0v) is 14.1. The Kier molecular flexibility index (Phi) is 6.61. The van der Waals surface area contributed by atoms with E-state index in [1.54, 1.807) is 18.4 Å². The SMILES string of the molecule is CC(C)[C@@H](NC(=O)CCc1ccccc1)C(=O)NCc1ccco1. The summed E-state index contributed by atoms with van der Waals surface area (Å²) < 4.78 is 5.19. The minimum atomic E-state index is -0.553. The molecule has 0 radical (unpaired) electrons. The molecule has 5 nitrogen and oxygen atoms in total. The molecule has 2 rings (SSSR count). The van der Waals surface area contributed by atoms with E-state index < -0.39 is 6.04 Å². The maximum absolute atomic E-state index is 12.3. The summed E-state index contributed by atoms with van der Waals surface area (Å²) in [4.78, 5) is 24.5. The van der Waals surface area contributed by atoms with Gasteiger partial charge in [-0.1, -0.05) is 44.2 Å². The van der Waals surface area contributed by atoms with Crippen molar-refractivity contribution in [1.29, 1.82) is 0 Å². The molecule has 0 aliphatic heterocycles. The lowest BCUT2D eigenvalue weighted by Crippen LogP contribution is -2.49. The molecule has 1 aromatic heterocycles. The fourth-order valence-electron chi connectivity index (χ4n) is 2.38. The highest BCUT2D eigenvalue weighted by Crippen LogP contribution is 2.06. The molecule has 0 unspecified atom stereocenters. The molecule has 24 heavy (non-hydrogen) atoms. The summed E-state index contributed by atoms with van der Waals surface area (Å²) in [5.74, 6) is 0.365. The molecule has 0 saturated heterocycles. The summed E-state index contributed by atoms with van der Waals surface area (Å²) in [6.07, 6.45) is 2.58. The first kappa shape index (κ1) is 17.8. The van der Waals surface area contributed by atoms with E-state index in [4.69, 9.17) is 4.42 Å². The smallest absolute Gasteiger partial charge is 0.243 e. The number of aryl methyl sites for hydroxylation is 1. The van der Waals surface area contributed by atoms with Crippen molar-refractivity contribution in [3.05, 3.63) is 60.1 Å². The summed E-state index contributed by atoms with van der Waals surface area (Å²) in [5.41, 5.74) is 1.11. The number of benzene rings is 1. The van der Waals surface area contributed by atoms with Crippen LogP contribution in [-0.4, -0.2) is 17.9 Å². The topological polar surface area (TPSA) is 71.3 Å². The van der Waals surface area contributed by atoms with Gasteiger partial charge in [0.2, 0.25) is 11.8 Å². The van der Waals surface area contributed by atoms with Crippen molar-refractivity contribution < 1.29 is 14.0 Å². The second-order valence-corrected chi connectivity index (χ2v) is 6.07. The second-order valence-electron chi connectivity index (χ2n) is 6.07. The number of furan rings is 1. The average Bonchev–Trinajstić information content (AvgIpc) is 3.10.